The first kappa shape index (κ1) is 21.5. The number of thiophene rings is 1. The van der Waals surface area contributed by atoms with Gasteiger partial charge in [0.15, 0.2) is 23.2 Å². The smallest absolute Gasteiger partial charge is 0.264 e. The molecule has 2 amide bonds. The number of benzene rings is 2. The monoisotopic (exact) mass is 465 g/mol. The van der Waals surface area contributed by atoms with Crippen LogP contribution in [-0.4, -0.2) is 30.5 Å². The van der Waals surface area contributed by atoms with Gasteiger partial charge in [-0.3, -0.25) is 14.9 Å². The highest BCUT2D eigenvalue weighted by Gasteiger charge is 2.18. The number of ether oxygens (including phenoxy) is 2. The van der Waals surface area contributed by atoms with E-state index in [-0.39, 0.29) is 18.4 Å². The maximum Gasteiger partial charge on any atom is 0.264 e. The Hall–Kier alpha value is -3.69. The van der Waals surface area contributed by atoms with Gasteiger partial charge in [0.05, 0.1) is 12.0 Å². The van der Waals surface area contributed by atoms with Crippen molar-refractivity contribution in [2.75, 3.05) is 24.4 Å². The van der Waals surface area contributed by atoms with Crippen LogP contribution in [0.3, 0.4) is 0 Å². The van der Waals surface area contributed by atoms with Crippen molar-refractivity contribution in [1.82, 2.24) is 4.98 Å². The van der Waals surface area contributed by atoms with Crippen LogP contribution in [0.15, 0.2) is 72.1 Å². The largest absolute Gasteiger partial charge is 0.493 e. The van der Waals surface area contributed by atoms with Crippen LogP contribution >= 0.6 is 22.7 Å². The van der Waals surface area contributed by atoms with Crippen LogP contribution in [0.4, 0.5) is 10.1 Å². The first-order valence-electron chi connectivity index (χ1n) is 9.61. The number of anilines is 2. The minimum atomic E-state index is -0.372. The van der Waals surface area contributed by atoms with Crippen molar-refractivity contribution >= 4 is 44.6 Å². The Morgan fingerprint density at radius 2 is 1.69 bits per heavy atom. The standard InChI is InChI=1S/C23H19N3O4S2/c1-29-16-10-5-6-11-17(16)30-14-19(27)24-23-25-20(18-12-7-13-31-18)22(32-23)26-21(28)15-8-3-2-4-9-15/h2-13H,14H2,1H3,(H,26,28)(H,24,25,27). The molecule has 162 valence electrons. The summed E-state index contributed by atoms with van der Waals surface area (Å²) in [4.78, 5) is 30.5. The second kappa shape index (κ2) is 10.1. The quantitative estimate of drug-likeness (QED) is 0.376. The van der Waals surface area contributed by atoms with Crippen LogP contribution < -0.4 is 20.1 Å². The van der Waals surface area contributed by atoms with Crippen molar-refractivity contribution in [3.63, 3.8) is 0 Å². The highest BCUT2D eigenvalue weighted by Crippen LogP contribution is 2.38. The Kier molecular flexibility index (Phi) is 6.78. The Morgan fingerprint density at radius 1 is 0.938 bits per heavy atom. The molecule has 0 unspecified atom stereocenters. The van der Waals surface area contributed by atoms with Crippen molar-refractivity contribution in [2.24, 2.45) is 0 Å². The first-order valence-corrected chi connectivity index (χ1v) is 11.3. The Labute approximate surface area is 192 Å². The lowest BCUT2D eigenvalue weighted by atomic mass is 10.2. The van der Waals surface area contributed by atoms with Crippen molar-refractivity contribution in [2.45, 2.75) is 0 Å². The molecule has 0 aliphatic carbocycles. The third-order valence-electron chi connectivity index (χ3n) is 4.32. The van der Waals surface area contributed by atoms with E-state index >= 15 is 0 Å². The van der Waals surface area contributed by atoms with E-state index in [0.717, 1.165) is 4.88 Å². The van der Waals surface area contributed by atoms with Gasteiger partial charge in [-0.05, 0) is 35.7 Å². The number of carbonyl (C=O) groups is 2. The van der Waals surface area contributed by atoms with Crippen molar-refractivity contribution in [3.8, 4) is 22.1 Å². The summed E-state index contributed by atoms with van der Waals surface area (Å²) in [5, 5.41) is 8.50. The van der Waals surface area contributed by atoms with Crippen LogP contribution in [0.25, 0.3) is 10.6 Å². The molecule has 7 nitrogen and oxygen atoms in total. The lowest BCUT2D eigenvalue weighted by molar-refractivity contribution is -0.118. The minimum Gasteiger partial charge on any atom is -0.493 e. The highest BCUT2D eigenvalue weighted by molar-refractivity contribution is 7.21. The zero-order chi connectivity index (χ0) is 22.3. The van der Waals surface area contributed by atoms with Crippen molar-refractivity contribution < 1.29 is 19.1 Å². The predicted octanol–water partition coefficient (Wildman–Crippen LogP) is 5.15. The molecule has 9 heteroatoms. The number of methoxy groups -OCH3 is 1. The molecule has 32 heavy (non-hydrogen) atoms. The number of aromatic nitrogens is 1. The fourth-order valence-electron chi connectivity index (χ4n) is 2.84. The maximum atomic E-state index is 12.6. The van der Waals surface area contributed by atoms with Gasteiger partial charge in [0.2, 0.25) is 0 Å². The fraction of sp³-hybridized carbons (Fsp3) is 0.0870. The van der Waals surface area contributed by atoms with Gasteiger partial charge >= 0.3 is 0 Å². The normalized spacial score (nSPS) is 10.4. The lowest BCUT2D eigenvalue weighted by Crippen LogP contribution is -2.20. The van der Waals surface area contributed by atoms with E-state index in [4.69, 9.17) is 9.47 Å². The van der Waals surface area contributed by atoms with Gasteiger partial charge < -0.3 is 14.8 Å². The van der Waals surface area contributed by atoms with E-state index in [0.29, 0.717) is 32.9 Å². The summed E-state index contributed by atoms with van der Waals surface area (Å²) in [5.74, 6) is 0.396. The lowest BCUT2D eigenvalue weighted by Gasteiger charge is -2.09. The van der Waals surface area contributed by atoms with Crippen LogP contribution in [-0.2, 0) is 4.79 Å². The molecule has 0 aliphatic rings. The highest BCUT2D eigenvalue weighted by atomic mass is 32.1. The predicted molar refractivity (Wildman–Crippen MR) is 127 cm³/mol. The number of nitrogens with zero attached hydrogens (tertiary/aromatic N) is 1. The number of rotatable bonds is 8. The van der Waals surface area contributed by atoms with E-state index in [1.165, 1.54) is 29.8 Å². The summed E-state index contributed by atoms with van der Waals surface area (Å²) in [6.45, 7) is -0.208. The van der Waals surface area contributed by atoms with Crippen LogP contribution in [0.5, 0.6) is 11.5 Å². The van der Waals surface area contributed by atoms with Gasteiger partial charge in [-0.2, -0.15) is 0 Å². The molecular formula is C23H19N3O4S2. The molecule has 0 spiro atoms. The minimum absolute atomic E-state index is 0.208. The number of nitrogens with one attached hydrogen (secondary N) is 2. The zero-order valence-electron chi connectivity index (χ0n) is 17.0. The number of hydrogen-bond acceptors (Lipinski definition) is 7. The van der Waals surface area contributed by atoms with Crippen LogP contribution in [0.1, 0.15) is 10.4 Å². The maximum absolute atomic E-state index is 12.6. The third kappa shape index (κ3) is 5.13. The number of thiazole rings is 1. The van der Waals surface area contributed by atoms with E-state index in [1.807, 2.05) is 29.6 Å². The molecular weight excluding hydrogens is 446 g/mol. The van der Waals surface area contributed by atoms with Crippen LogP contribution in [0, 0.1) is 0 Å². The fourth-order valence-corrected chi connectivity index (χ4v) is 4.52. The van der Waals surface area contributed by atoms with Gasteiger partial charge in [-0.15, -0.1) is 11.3 Å². The third-order valence-corrected chi connectivity index (χ3v) is 6.08. The van der Waals surface area contributed by atoms with E-state index in [9.17, 15) is 9.59 Å². The topological polar surface area (TPSA) is 89.6 Å². The summed E-state index contributed by atoms with van der Waals surface area (Å²) in [5.41, 5.74) is 1.14. The molecule has 4 rings (SSSR count). The van der Waals surface area contributed by atoms with Crippen molar-refractivity contribution in [1.29, 1.82) is 0 Å². The summed E-state index contributed by atoms with van der Waals surface area (Å²) in [6.07, 6.45) is 0. The molecule has 2 aromatic carbocycles. The van der Waals surface area contributed by atoms with E-state index in [1.54, 1.807) is 42.5 Å². The van der Waals surface area contributed by atoms with Crippen LogP contribution in [0.2, 0.25) is 0 Å². The molecule has 0 saturated heterocycles. The van der Waals surface area contributed by atoms with Gasteiger partial charge in [-0.1, -0.05) is 47.7 Å². The molecule has 0 saturated carbocycles. The molecule has 0 bridgehead atoms. The van der Waals surface area contributed by atoms with Gasteiger partial charge in [0.1, 0.15) is 10.7 Å². The summed E-state index contributed by atoms with van der Waals surface area (Å²) in [6, 6.07) is 19.8. The molecule has 0 atom stereocenters. The summed E-state index contributed by atoms with van der Waals surface area (Å²) >= 11 is 2.69. The summed E-state index contributed by atoms with van der Waals surface area (Å²) < 4.78 is 10.8. The number of para-hydroxylation sites is 2. The summed E-state index contributed by atoms with van der Waals surface area (Å²) in [7, 11) is 1.54. The second-order valence-electron chi connectivity index (χ2n) is 6.48. The Balaban J connectivity index is 1.48. The average Bonchev–Trinajstić information content (AvgIpc) is 3.48. The van der Waals surface area contributed by atoms with Gasteiger partial charge in [-0.25, -0.2) is 4.98 Å². The van der Waals surface area contributed by atoms with Crippen molar-refractivity contribution in [3.05, 3.63) is 77.7 Å². The zero-order valence-corrected chi connectivity index (χ0v) is 18.7. The molecule has 2 N–H and O–H groups in total. The first-order chi connectivity index (χ1) is 15.6. The number of amides is 2. The molecule has 4 aromatic rings. The van der Waals surface area contributed by atoms with Gasteiger partial charge in [0.25, 0.3) is 11.8 Å². The second-order valence-corrected chi connectivity index (χ2v) is 8.43. The Bertz CT molecular complexity index is 1210. The molecule has 2 heterocycles. The number of hydrogen-bond donors (Lipinski definition) is 2. The Morgan fingerprint density at radius 3 is 2.41 bits per heavy atom. The molecule has 0 radical (unpaired) electrons. The molecule has 0 fully saturated rings. The molecule has 0 aliphatic heterocycles. The SMILES string of the molecule is COc1ccccc1OCC(=O)Nc1nc(-c2cccs2)c(NC(=O)c2ccccc2)s1. The van der Waals surface area contributed by atoms with E-state index in [2.05, 4.69) is 15.6 Å². The average molecular weight is 466 g/mol. The number of carbonyl (C=O) groups excluding carboxylic acids is 2. The molecule has 2 aromatic heterocycles. The van der Waals surface area contributed by atoms with E-state index < -0.39 is 0 Å². The van der Waals surface area contributed by atoms with Gasteiger partial charge in [0, 0.05) is 5.56 Å².